The Balaban J connectivity index is 1.66. The van der Waals surface area contributed by atoms with Gasteiger partial charge in [0.05, 0.1) is 48.0 Å². The van der Waals surface area contributed by atoms with Crippen molar-refractivity contribution in [3.05, 3.63) is 60.3 Å². The summed E-state index contributed by atoms with van der Waals surface area (Å²) in [7, 11) is 0.112. The molecular weight excluding hydrogens is 556 g/mol. The van der Waals surface area contributed by atoms with E-state index in [0.29, 0.717) is 28.5 Å². The van der Waals surface area contributed by atoms with Gasteiger partial charge in [0.25, 0.3) is 0 Å². The maximum Gasteiger partial charge on any atom is 0.247 e. The molecule has 4 N–H and O–H groups in total. The van der Waals surface area contributed by atoms with E-state index in [1.807, 2.05) is 6.07 Å². The molecule has 40 heavy (non-hydrogen) atoms. The van der Waals surface area contributed by atoms with Crippen molar-refractivity contribution in [1.29, 1.82) is 0 Å². The summed E-state index contributed by atoms with van der Waals surface area (Å²) in [4.78, 5) is 25.5. The summed E-state index contributed by atoms with van der Waals surface area (Å²) in [6, 6.07) is 10.4. The number of carbonyl (C=O) groups is 1. The van der Waals surface area contributed by atoms with Crippen LogP contribution in [0.5, 0.6) is 5.75 Å². The second kappa shape index (κ2) is 12.4. The Labute approximate surface area is 238 Å². The molecule has 1 fully saturated rings. The van der Waals surface area contributed by atoms with Gasteiger partial charge in [-0.05, 0) is 31.3 Å². The van der Waals surface area contributed by atoms with Gasteiger partial charge in [-0.3, -0.25) is 9.52 Å². The quantitative estimate of drug-likeness (QED) is 0.259. The Bertz CT molecular complexity index is 1510. The molecule has 2 heterocycles. The second-order valence-corrected chi connectivity index (χ2v) is 11.3. The number of hydrogen-bond donors (Lipinski definition) is 4. The first-order chi connectivity index (χ1) is 19.1. The molecular formula is C26H31ClN8O4S. The molecule has 12 nitrogen and oxygen atoms in total. The average molecular weight is 587 g/mol. The molecule has 1 amide bonds. The van der Waals surface area contributed by atoms with Gasteiger partial charge in [0, 0.05) is 32.2 Å². The number of para-hydroxylation sites is 2. The Morgan fingerprint density at radius 1 is 1.07 bits per heavy atom. The van der Waals surface area contributed by atoms with Gasteiger partial charge in [0.1, 0.15) is 10.8 Å². The molecule has 212 valence electrons. The summed E-state index contributed by atoms with van der Waals surface area (Å²) in [5, 5.41) is 9.30. The van der Waals surface area contributed by atoms with Crippen LogP contribution in [-0.2, 0) is 14.8 Å². The number of carbonyl (C=O) groups excluding carboxylic acids is 1. The molecule has 0 aliphatic carbocycles. The van der Waals surface area contributed by atoms with Crippen molar-refractivity contribution < 1.29 is 17.9 Å². The van der Waals surface area contributed by atoms with Gasteiger partial charge in [-0.2, -0.15) is 4.98 Å². The first kappa shape index (κ1) is 28.9. The maximum atomic E-state index is 12.3. The molecule has 4 rings (SSSR count). The van der Waals surface area contributed by atoms with Crippen molar-refractivity contribution in [2.24, 2.45) is 0 Å². The number of piperazine rings is 1. The van der Waals surface area contributed by atoms with E-state index in [9.17, 15) is 13.2 Å². The van der Waals surface area contributed by atoms with Gasteiger partial charge in [0.2, 0.25) is 21.9 Å². The highest BCUT2D eigenvalue weighted by atomic mass is 35.5. The molecule has 0 saturated carbocycles. The zero-order chi connectivity index (χ0) is 28.9. The molecule has 1 aliphatic rings. The summed E-state index contributed by atoms with van der Waals surface area (Å²) in [5.41, 5.74) is 2.68. The number of methoxy groups -OCH3 is 1. The van der Waals surface area contributed by atoms with Crippen LogP contribution < -0.4 is 30.3 Å². The highest BCUT2D eigenvalue weighted by molar-refractivity contribution is 7.92. The van der Waals surface area contributed by atoms with Crippen molar-refractivity contribution in [3.8, 4) is 5.75 Å². The van der Waals surface area contributed by atoms with Gasteiger partial charge in [-0.1, -0.05) is 30.3 Å². The molecule has 1 aliphatic heterocycles. The van der Waals surface area contributed by atoms with Crippen molar-refractivity contribution >= 4 is 67.7 Å². The fraction of sp³-hybridized carbons (Fsp3) is 0.269. The van der Waals surface area contributed by atoms with Crippen LogP contribution in [0.4, 0.5) is 40.2 Å². The number of benzene rings is 2. The largest absolute Gasteiger partial charge is 0.494 e. The van der Waals surface area contributed by atoms with Gasteiger partial charge >= 0.3 is 0 Å². The molecule has 1 saturated heterocycles. The topological polar surface area (TPSA) is 141 Å². The van der Waals surface area contributed by atoms with Crippen LogP contribution >= 0.6 is 11.6 Å². The number of halogens is 1. The fourth-order valence-electron chi connectivity index (χ4n) is 4.07. The number of hydrogen-bond acceptors (Lipinski definition) is 10. The molecule has 1 aromatic heterocycles. The number of nitrogens with zero attached hydrogens (tertiary/aromatic N) is 4. The van der Waals surface area contributed by atoms with Crippen LogP contribution in [0.2, 0.25) is 5.02 Å². The minimum Gasteiger partial charge on any atom is -0.494 e. The lowest BCUT2D eigenvalue weighted by molar-refractivity contribution is -0.111. The third kappa shape index (κ3) is 7.31. The highest BCUT2D eigenvalue weighted by Crippen LogP contribution is 2.39. The number of nitrogens with one attached hydrogen (secondary N) is 4. The lowest BCUT2D eigenvalue weighted by Gasteiger charge is -2.35. The summed E-state index contributed by atoms with van der Waals surface area (Å²) >= 11 is 6.36. The standard InChI is InChI=1S/C26H31ClN8O4S/c1-5-24(36)29-20-14-21(23(39-3)15-22(20)35-12-10-34(2)11-13-35)31-26-28-16-17(27)25(32-26)30-18-8-6-7-9-19(18)33-40(4,37)38/h5-9,14-16,33H,1,10-13H2,2-4H3,(H,29,36)(H2,28,30,31,32). The highest BCUT2D eigenvalue weighted by Gasteiger charge is 2.21. The van der Waals surface area contributed by atoms with E-state index in [4.69, 9.17) is 16.3 Å². The maximum absolute atomic E-state index is 12.3. The molecule has 0 unspecified atom stereocenters. The lowest BCUT2D eigenvalue weighted by atomic mass is 10.1. The molecule has 0 bridgehead atoms. The number of anilines is 7. The van der Waals surface area contributed by atoms with Crippen LogP contribution in [0, 0.1) is 0 Å². The predicted molar refractivity (Wildman–Crippen MR) is 160 cm³/mol. The van der Waals surface area contributed by atoms with Gasteiger partial charge < -0.3 is 30.5 Å². The van der Waals surface area contributed by atoms with Crippen molar-refractivity contribution in [3.63, 3.8) is 0 Å². The van der Waals surface area contributed by atoms with E-state index in [2.05, 4.69) is 54.1 Å². The molecule has 0 radical (unpaired) electrons. The summed E-state index contributed by atoms with van der Waals surface area (Å²) < 4.78 is 31.7. The number of sulfonamides is 1. The third-order valence-corrected chi connectivity index (χ3v) is 6.94. The minimum absolute atomic E-state index is 0.187. The first-order valence-electron chi connectivity index (χ1n) is 12.3. The van der Waals surface area contributed by atoms with E-state index in [0.717, 1.165) is 38.1 Å². The van der Waals surface area contributed by atoms with E-state index >= 15 is 0 Å². The van der Waals surface area contributed by atoms with Crippen molar-refractivity contribution in [2.45, 2.75) is 0 Å². The first-order valence-corrected chi connectivity index (χ1v) is 14.6. The number of rotatable bonds is 10. The Morgan fingerprint density at radius 3 is 2.42 bits per heavy atom. The molecule has 14 heteroatoms. The van der Waals surface area contributed by atoms with Crippen LogP contribution in [0.3, 0.4) is 0 Å². The van der Waals surface area contributed by atoms with Gasteiger partial charge in [-0.15, -0.1) is 0 Å². The smallest absolute Gasteiger partial charge is 0.247 e. The van der Waals surface area contributed by atoms with Crippen molar-refractivity contribution in [2.75, 3.05) is 72.2 Å². The Kier molecular flexibility index (Phi) is 8.97. The molecule has 3 aromatic rings. The van der Waals surface area contributed by atoms with E-state index in [1.165, 1.54) is 12.3 Å². The Morgan fingerprint density at radius 2 is 1.77 bits per heavy atom. The number of amides is 1. The van der Waals surface area contributed by atoms with Gasteiger partial charge in [0.15, 0.2) is 5.82 Å². The second-order valence-electron chi connectivity index (χ2n) is 9.11. The van der Waals surface area contributed by atoms with Crippen LogP contribution in [0.15, 0.2) is 55.3 Å². The van der Waals surface area contributed by atoms with Crippen LogP contribution in [0.1, 0.15) is 0 Å². The summed E-state index contributed by atoms with van der Waals surface area (Å²) in [6.45, 7) is 6.90. The SMILES string of the molecule is C=CC(=O)Nc1cc(Nc2ncc(Cl)c(Nc3ccccc3NS(C)(=O)=O)n2)c(OC)cc1N1CCN(C)CC1. The molecule has 0 atom stereocenters. The van der Waals surface area contributed by atoms with Crippen LogP contribution in [0.25, 0.3) is 0 Å². The predicted octanol–water partition coefficient (Wildman–Crippen LogP) is 3.87. The number of likely N-dealkylation sites (N-methyl/N-ethyl adjacent to an activating group) is 1. The summed E-state index contributed by atoms with van der Waals surface area (Å²) in [6.07, 6.45) is 3.69. The molecule has 2 aromatic carbocycles. The molecule has 0 spiro atoms. The summed E-state index contributed by atoms with van der Waals surface area (Å²) in [5.74, 6) is 0.602. The van der Waals surface area contributed by atoms with E-state index < -0.39 is 10.0 Å². The lowest BCUT2D eigenvalue weighted by Crippen LogP contribution is -2.44. The van der Waals surface area contributed by atoms with Crippen molar-refractivity contribution in [1.82, 2.24) is 14.9 Å². The monoisotopic (exact) mass is 586 g/mol. The van der Waals surface area contributed by atoms with Crippen LogP contribution in [-0.4, -0.2) is 75.8 Å². The minimum atomic E-state index is -3.51. The van der Waals surface area contributed by atoms with E-state index in [-0.39, 0.29) is 22.7 Å². The zero-order valence-corrected chi connectivity index (χ0v) is 23.9. The zero-order valence-electron chi connectivity index (χ0n) is 22.4. The average Bonchev–Trinajstić information content (AvgIpc) is 2.91. The fourth-order valence-corrected chi connectivity index (χ4v) is 4.79. The van der Waals surface area contributed by atoms with E-state index in [1.54, 1.807) is 37.4 Å². The Hall–Kier alpha value is -4.07. The number of aromatic nitrogens is 2. The third-order valence-electron chi connectivity index (χ3n) is 6.07. The normalized spacial score (nSPS) is 13.8. The number of ether oxygens (including phenoxy) is 1. The van der Waals surface area contributed by atoms with Gasteiger partial charge in [-0.25, -0.2) is 13.4 Å².